The van der Waals surface area contributed by atoms with Crippen molar-refractivity contribution in [2.75, 3.05) is 31.1 Å². The van der Waals surface area contributed by atoms with Crippen molar-refractivity contribution in [3.05, 3.63) is 72.3 Å². The molecule has 10 nitrogen and oxygen atoms in total. The molecular formula is C21H21N9O. The Bertz CT molecular complexity index is 1180. The van der Waals surface area contributed by atoms with Crippen molar-refractivity contribution in [1.82, 2.24) is 39.9 Å². The average molecular weight is 415 g/mol. The number of aromatic nitrogens is 7. The van der Waals surface area contributed by atoms with Gasteiger partial charge in [0.15, 0.2) is 17.3 Å². The van der Waals surface area contributed by atoms with Crippen LogP contribution in [0.3, 0.4) is 0 Å². The molecule has 4 heterocycles. The summed E-state index contributed by atoms with van der Waals surface area (Å²) in [6.45, 7) is 4.44. The van der Waals surface area contributed by atoms with E-state index in [2.05, 4.69) is 30.4 Å². The second-order valence-corrected chi connectivity index (χ2v) is 7.29. The van der Waals surface area contributed by atoms with Crippen LogP contribution in [0.25, 0.3) is 11.5 Å². The molecule has 0 saturated carbocycles. The van der Waals surface area contributed by atoms with Crippen molar-refractivity contribution < 1.29 is 4.79 Å². The number of para-hydroxylation sites is 1. The topological polar surface area (TPSA) is 97.9 Å². The second kappa shape index (κ2) is 7.98. The van der Waals surface area contributed by atoms with Crippen molar-refractivity contribution in [1.29, 1.82) is 0 Å². The van der Waals surface area contributed by atoms with Crippen LogP contribution in [0.5, 0.6) is 0 Å². The molecule has 0 N–H and O–H groups in total. The number of aryl methyl sites for hydroxylation is 1. The lowest BCUT2D eigenvalue weighted by atomic mass is 10.3. The van der Waals surface area contributed by atoms with Crippen molar-refractivity contribution in [2.24, 2.45) is 0 Å². The minimum Gasteiger partial charge on any atom is -0.352 e. The lowest BCUT2D eigenvalue weighted by molar-refractivity contribution is 0.0740. The summed E-state index contributed by atoms with van der Waals surface area (Å²) in [5.74, 6) is 1.35. The molecule has 1 fully saturated rings. The first-order chi connectivity index (χ1) is 15.2. The van der Waals surface area contributed by atoms with Gasteiger partial charge in [-0.15, -0.1) is 15.3 Å². The van der Waals surface area contributed by atoms with Gasteiger partial charge < -0.3 is 9.80 Å². The van der Waals surface area contributed by atoms with Gasteiger partial charge in [-0.1, -0.05) is 18.2 Å². The van der Waals surface area contributed by atoms with Gasteiger partial charge in [0.1, 0.15) is 0 Å². The van der Waals surface area contributed by atoms with E-state index in [-0.39, 0.29) is 5.91 Å². The number of benzene rings is 1. The summed E-state index contributed by atoms with van der Waals surface area (Å²) in [6, 6.07) is 15.3. The van der Waals surface area contributed by atoms with Gasteiger partial charge in [0.25, 0.3) is 5.91 Å². The Kier molecular flexibility index (Phi) is 4.87. The lowest BCUT2D eigenvalue weighted by Crippen LogP contribution is -2.49. The van der Waals surface area contributed by atoms with Crippen LogP contribution in [-0.4, -0.2) is 72.0 Å². The third-order valence-corrected chi connectivity index (χ3v) is 5.18. The Balaban J connectivity index is 1.21. The number of nitrogens with zero attached hydrogens (tertiary/aromatic N) is 9. The van der Waals surface area contributed by atoms with Gasteiger partial charge in [-0.2, -0.15) is 15.0 Å². The summed E-state index contributed by atoms with van der Waals surface area (Å²) < 4.78 is 1.70. The summed E-state index contributed by atoms with van der Waals surface area (Å²) in [4.78, 5) is 18.2. The molecule has 1 aliphatic rings. The first-order valence-corrected chi connectivity index (χ1v) is 10.1. The molecule has 31 heavy (non-hydrogen) atoms. The zero-order valence-corrected chi connectivity index (χ0v) is 17.0. The van der Waals surface area contributed by atoms with Crippen LogP contribution >= 0.6 is 0 Å². The van der Waals surface area contributed by atoms with Crippen molar-refractivity contribution in [3.63, 3.8) is 0 Å². The van der Waals surface area contributed by atoms with E-state index in [1.54, 1.807) is 9.58 Å². The highest BCUT2D eigenvalue weighted by Gasteiger charge is 2.25. The van der Waals surface area contributed by atoms with Crippen molar-refractivity contribution in [2.45, 2.75) is 6.92 Å². The molecular weight excluding hydrogens is 394 g/mol. The zero-order chi connectivity index (χ0) is 21.2. The van der Waals surface area contributed by atoms with E-state index in [0.717, 1.165) is 17.2 Å². The molecule has 0 radical (unpaired) electrons. The quantitative estimate of drug-likeness (QED) is 0.498. The minimum absolute atomic E-state index is 0.114. The Morgan fingerprint density at radius 2 is 1.61 bits per heavy atom. The summed E-state index contributed by atoms with van der Waals surface area (Å²) in [7, 11) is 0. The maximum atomic E-state index is 12.8. The molecule has 1 aromatic carbocycles. The second-order valence-electron chi connectivity index (χ2n) is 7.29. The smallest absolute Gasteiger partial charge is 0.276 e. The van der Waals surface area contributed by atoms with Gasteiger partial charge in [-0.3, -0.25) is 4.79 Å². The zero-order valence-electron chi connectivity index (χ0n) is 17.0. The molecule has 156 valence electrons. The van der Waals surface area contributed by atoms with Crippen LogP contribution in [-0.2, 0) is 0 Å². The van der Waals surface area contributed by atoms with Gasteiger partial charge in [0.05, 0.1) is 17.6 Å². The summed E-state index contributed by atoms with van der Waals surface area (Å²) >= 11 is 0. The average Bonchev–Trinajstić information content (AvgIpc) is 3.49. The first kappa shape index (κ1) is 18.9. The van der Waals surface area contributed by atoms with Crippen LogP contribution in [0.15, 0.2) is 60.9 Å². The predicted octanol–water partition coefficient (Wildman–Crippen LogP) is 1.51. The van der Waals surface area contributed by atoms with Crippen molar-refractivity contribution >= 4 is 11.7 Å². The molecule has 5 rings (SSSR count). The molecule has 10 heteroatoms. The Labute approximate surface area is 178 Å². The molecule has 1 saturated heterocycles. The fourth-order valence-electron chi connectivity index (χ4n) is 3.50. The maximum absolute atomic E-state index is 12.8. The Morgan fingerprint density at radius 1 is 0.871 bits per heavy atom. The predicted molar refractivity (Wildman–Crippen MR) is 113 cm³/mol. The fraction of sp³-hybridized carbons (Fsp3) is 0.238. The number of anilines is 1. The number of piperazine rings is 1. The molecule has 1 amide bonds. The number of rotatable bonds is 4. The SMILES string of the molecule is Cc1ccn(-c2ccc(N3CCN(C(=O)c4cnn(-c5ccccc5)n4)CC3)nn2)n1. The van der Waals surface area contributed by atoms with Gasteiger partial charge >= 0.3 is 0 Å². The van der Waals surface area contributed by atoms with E-state index in [9.17, 15) is 4.79 Å². The van der Waals surface area contributed by atoms with E-state index < -0.39 is 0 Å². The minimum atomic E-state index is -0.114. The van der Waals surface area contributed by atoms with Gasteiger partial charge in [-0.25, -0.2) is 4.68 Å². The normalized spacial score (nSPS) is 14.1. The Hall–Kier alpha value is -4.08. The van der Waals surface area contributed by atoms with Crippen LogP contribution in [0.2, 0.25) is 0 Å². The molecule has 0 bridgehead atoms. The van der Waals surface area contributed by atoms with E-state index in [1.807, 2.05) is 61.7 Å². The van der Waals surface area contributed by atoms with Crippen molar-refractivity contribution in [3.8, 4) is 11.5 Å². The van der Waals surface area contributed by atoms with E-state index in [1.165, 1.54) is 11.0 Å². The molecule has 0 aliphatic carbocycles. The molecule has 0 spiro atoms. The summed E-state index contributed by atoms with van der Waals surface area (Å²) in [5.41, 5.74) is 2.09. The van der Waals surface area contributed by atoms with Gasteiger partial charge in [0, 0.05) is 32.4 Å². The highest BCUT2D eigenvalue weighted by molar-refractivity contribution is 5.92. The van der Waals surface area contributed by atoms with Crippen LogP contribution in [0.1, 0.15) is 16.2 Å². The number of hydrogen-bond donors (Lipinski definition) is 0. The molecule has 4 aromatic rings. The highest BCUT2D eigenvalue weighted by Crippen LogP contribution is 2.15. The lowest BCUT2D eigenvalue weighted by Gasteiger charge is -2.34. The maximum Gasteiger partial charge on any atom is 0.276 e. The number of hydrogen-bond acceptors (Lipinski definition) is 7. The van der Waals surface area contributed by atoms with E-state index in [0.29, 0.717) is 37.7 Å². The van der Waals surface area contributed by atoms with E-state index in [4.69, 9.17) is 0 Å². The third-order valence-electron chi connectivity index (χ3n) is 5.18. The van der Waals surface area contributed by atoms with Crippen LogP contribution in [0.4, 0.5) is 5.82 Å². The highest BCUT2D eigenvalue weighted by atomic mass is 16.2. The monoisotopic (exact) mass is 415 g/mol. The molecule has 3 aromatic heterocycles. The van der Waals surface area contributed by atoms with Gasteiger partial charge in [0.2, 0.25) is 0 Å². The molecule has 0 atom stereocenters. The molecule has 0 unspecified atom stereocenters. The van der Waals surface area contributed by atoms with Gasteiger partial charge in [-0.05, 0) is 37.3 Å². The Morgan fingerprint density at radius 3 is 2.29 bits per heavy atom. The summed E-state index contributed by atoms with van der Waals surface area (Å²) in [5, 5.41) is 21.5. The number of amides is 1. The standard InChI is InChI=1S/C21H21N9O/c1-16-9-10-29(25-16)20-8-7-19(23-24-20)27-11-13-28(14-12-27)21(31)18-15-22-30(26-18)17-5-3-2-4-6-17/h2-10,15H,11-14H2,1H3. The van der Waals surface area contributed by atoms with Crippen LogP contribution in [0, 0.1) is 6.92 Å². The van der Waals surface area contributed by atoms with Crippen LogP contribution < -0.4 is 4.90 Å². The van der Waals surface area contributed by atoms with E-state index >= 15 is 0 Å². The number of carbonyl (C=O) groups is 1. The number of carbonyl (C=O) groups excluding carboxylic acids is 1. The summed E-state index contributed by atoms with van der Waals surface area (Å²) in [6.07, 6.45) is 3.38. The fourth-order valence-corrected chi connectivity index (χ4v) is 3.50. The first-order valence-electron chi connectivity index (χ1n) is 10.1. The molecule has 1 aliphatic heterocycles. The third kappa shape index (κ3) is 3.87. The largest absolute Gasteiger partial charge is 0.352 e.